The number of imide groups is 1. The molecule has 0 aliphatic carbocycles. The van der Waals surface area contributed by atoms with Gasteiger partial charge in [0.05, 0.1) is 17.0 Å². The van der Waals surface area contributed by atoms with Gasteiger partial charge in [-0.3, -0.25) is 19.7 Å². The quantitative estimate of drug-likeness (QED) is 0.243. The van der Waals surface area contributed by atoms with E-state index in [0.29, 0.717) is 16.7 Å². The molecule has 34 heavy (non-hydrogen) atoms. The highest BCUT2D eigenvalue weighted by Gasteiger charge is 2.42. The molecule has 0 saturated carbocycles. The summed E-state index contributed by atoms with van der Waals surface area (Å²) >= 11 is 5.38. The van der Waals surface area contributed by atoms with Gasteiger partial charge in [0, 0.05) is 5.56 Å². The summed E-state index contributed by atoms with van der Waals surface area (Å²) in [7, 11) is 1.43. The first kappa shape index (κ1) is 26.7. The van der Waals surface area contributed by atoms with Crippen LogP contribution in [0, 0.1) is 0 Å². The lowest BCUT2D eigenvalue weighted by Crippen LogP contribution is -2.66. The maximum Gasteiger partial charge on any atom is 0.416 e. The molecule has 0 radical (unpaired) electrons. The van der Waals surface area contributed by atoms with Gasteiger partial charge < -0.3 is 16.4 Å². The zero-order chi connectivity index (χ0) is 25.5. The summed E-state index contributed by atoms with van der Waals surface area (Å²) in [5, 5.41) is 7.42. The van der Waals surface area contributed by atoms with Crippen molar-refractivity contribution in [3.8, 4) is 11.1 Å². The van der Waals surface area contributed by atoms with Crippen LogP contribution in [0.25, 0.3) is 11.1 Å². The number of thiocarbonyl (C=S) groups is 1. The summed E-state index contributed by atoms with van der Waals surface area (Å²) < 4.78 is 38.7. The zero-order valence-electron chi connectivity index (χ0n) is 18.3. The van der Waals surface area contributed by atoms with Crippen molar-refractivity contribution in [1.29, 1.82) is 0 Å². The van der Waals surface area contributed by atoms with E-state index in [1.54, 1.807) is 25.1 Å². The third-order valence-electron chi connectivity index (χ3n) is 5.21. The van der Waals surface area contributed by atoms with Gasteiger partial charge in [-0.1, -0.05) is 42.5 Å². The summed E-state index contributed by atoms with van der Waals surface area (Å²) in [4.78, 5) is 36.7. The Hall–Kier alpha value is -3.57. The highest BCUT2D eigenvalue weighted by atomic mass is 32.1. The lowest BCUT2D eigenvalue weighted by atomic mass is 9.89. The van der Waals surface area contributed by atoms with E-state index in [4.69, 9.17) is 18.0 Å². The van der Waals surface area contributed by atoms with E-state index < -0.39 is 29.1 Å². The van der Waals surface area contributed by atoms with Crippen LogP contribution in [-0.4, -0.2) is 42.2 Å². The van der Waals surface area contributed by atoms with Gasteiger partial charge in [-0.05, 0) is 55.1 Å². The molecular formula is C23H23F3N4O3S. The van der Waals surface area contributed by atoms with Gasteiger partial charge in [-0.2, -0.15) is 13.2 Å². The molecule has 1 unspecified atom stereocenters. The number of hydrogen-bond donors (Lipinski definition) is 4. The number of alkyl halides is 3. The molecule has 1 atom stereocenters. The van der Waals surface area contributed by atoms with E-state index >= 15 is 0 Å². The van der Waals surface area contributed by atoms with E-state index in [1.807, 2.05) is 5.32 Å². The van der Waals surface area contributed by atoms with Crippen LogP contribution in [0.1, 0.15) is 22.8 Å². The Labute approximate surface area is 199 Å². The normalized spacial score (nSPS) is 13.5. The summed E-state index contributed by atoms with van der Waals surface area (Å²) in [5.74, 6) is -1.40. The number of likely N-dealkylation sites (N-methyl/N-ethyl adjacent to an activating group) is 1. The van der Waals surface area contributed by atoms with Crippen molar-refractivity contribution in [2.45, 2.75) is 18.6 Å². The molecule has 5 N–H and O–H groups in total. The zero-order valence-corrected chi connectivity index (χ0v) is 19.1. The minimum atomic E-state index is -4.48. The second-order valence-corrected chi connectivity index (χ2v) is 7.64. The fraction of sp³-hybridized carbons (Fsp3) is 0.217. The number of rotatable bonds is 9. The monoisotopic (exact) mass is 492 g/mol. The van der Waals surface area contributed by atoms with Crippen LogP contribution >= 0.6 is 12.2 Å². The Bertz CT molecular complexity index is 1120. The Morgan fingerprint density at radius 3 is 2.24 bits per heavy atom. The SMILES string of the molecule is CNC(CNC(=O)c1ccccc1-c1ccc(C(F)(F)F)cc1)(C(=O)NC=O)C(=S)C(C)=CN. The summed E-state index contributed by atoms with van der Waals surface area (Å²) in [6, 6.07) is 10.7. The van der Waals surface area contributed by atoms with Crippen LogP contribution < -0.4 is 21.7 Å². The first-order chi connectivity index (χ1) is 16.0. The number of halogens is 3. The smallest absolute Gasteiger partial charge is 0.404 e. The molecule has 11 heteroatoms. The van der Waals surface area contributed by atoms with E-state index in [0.717, 1.165) is 12.1 Å². The van der Waals surface area contributed by atoms with E-state index in [-0.39, 0.29) is 23.4 Å². The largest absolute Gasteiger partial charge is 0.416 e. The van der Waals surface area contributed by atoms with Crippen molar-refractivity contribution < 1.29 is 27.6 Å². The van der Waals surface area contributed by atoms with Crippen LogP contribution in [0.15, 0.2) is 60.3 Å². The minimum Gasteiger partial charge on any atom is -0.404 e. The number of amides is 3. The number of nitrogens with two attached hydrogens (primary N) is 1. The van der Waals surface area contributed by atoms with Gasteiger partial charge in [0.15, 0.2) is 5.54 Å². The lowest BCUT2D eigenvalue weighted by Gasteiger charge is -2.32. The van der Waals surface area contributed by atoms with Gasteiger partial charge in [-0.15, -0.1) is 0 Å². The van der Waals surface area contributed by atoms with E-state index in [2.05, 4.69) is 10.6 Å². The fourth-order valence-corrected chi connectivity index (χ4v) is 3.58. The molecule has 0 aromatic heterocycles. The fourth-order valence-electron chi connectivity index (χ4n) is 3.25. The lowest BCUT2D eigenvalue weighted by molar-refractivity contribution is -0.137. The van der Waals surface area contributed by atoms with Crippen LogP contribution in [-0.2, 0) is 15.8 Å². The van der Waals surface area contributed by atoms with Gasteiger partial charge in [0.2, 0.25) is 6.41 Å². The van der Waals surface area contributed by atoms with Gasteiger partial charge in [0.1, 0.15) is 0 Å². The molecule has 7 nitrogen and oxygen atoms in total. The van der Waals surface area contributed by atoms with Crippen molar-refractivity contribution in [3.05, 3.63) is 71.4 Å². The predicted molar refractivity (Wildman–Crippen MR) is 126 cm³/mol. The second-order valence-electron chi connectivity index (χ2n) is 7.23. The summed E-state index contributed by atoms with van der Waals surface area (Å²) in [5.41, 5.74) is 4.38. The molecule has 2 aromatic rings. The molecule has 2 rings (SSSR count). The van der Waals surface area contributed by atoms with Crippen LogP contribution in [0.2, 0.25) is 0 Å². The molecule has 180 valence electrons. The van der Waals surface area contributed by atoms with Crippen LogP contribution in [0.3, 0.4) is 0 Å². The molecule has 0 bridgehead atoms. The van der Waals surface area contributed by atoms with Gasteiger partial charge in [0.25, 0.3) is 11.8 Å². The highest BCUT2D eigenvalue weighted by molar-refractivity contribution is 7.81. The molecule has 0 spiro atoms. The Morgan fingerprint density at radius 1 is 1.09 bits per heavy atom. The molecule has 0 heterocycles. The molecule has 3 amide bonds. The van der Waals surface area contributed by atoms with E-state index in [9.17, 15) is 27.6 Å². The maximum atomic E-state index is 13.1. The highest BCUT2D eigenvalue weighted by Crippen LogP contribution is 2.32. The minimum absolute atomic E-state index is 0.0631. The predicted octanol–water partition coefficient (Wildman–Crippen LogP) is 2.57. The average molecular weight is 493 g/mol. The molecule has 0 fully saturated rings. The molecular weight excluding hydrogens is 469 g/mol. The molecule has 2 aromatic carbocycles. The van der Waals surface area contributed by atoms with Gasteiger partial charge in [-0.25, -0.2) is 0 Å². The van der Waals surface area contributed by atoms with Crippen molar-refractivity contribution in [1.82, 2.24) is 16.0 Å². The van der Waals surface area contributed by atoms with Crippen LogP contribution in [0.4, 0.5) is 13.2 Å². The number of carbonyl (C=O) groups is 3. The number of hydrogen-bond acceptors (Lipinski definition) is 6. The number of carbonyl (C=O) groups excluding carboxylic acids is 3. The topological polar surface area (TPSA) is 113 Å². The Morgan fingerprint density at radius 2 is 1.71 bits per heavy atom. The van der Waals surface area contributed by atoms with Crippen molar-refractivity contribution in [3.63, 3.8) is 0 Å². The van der Waals surface area contributed by atoms with Crippen molar-refractivity contribution in [2.24, 2.45) is 5.73 Å². The second kappa shape index (κ2) is 11.0. The Kier molecular flexibility index (Phi) is 8.66. The molecule has 0 saturated heterocycles. The maximum absolute atomic E-state index is 13.1. The van der Waals surface area contributed by atoms with E-state index in [1.165, 1.54) is 31.4 Å². The first-order valence-electron chi connectivity index (χ1n) is 9.93. The first-order valence-corrected chi connectivity index (χ1v) is 10.3. The van der Waals surface area contributed by atoms with Crippen LogP contribution in [0.5, 0.6) is 0 Å². The van der Waals surface area contributed by atoms with Crippen molar-refractivity contribution in [2.75, 3.05) is 13.6 Å². The Balaban J connectivity index is 2.39. The third kappa shape index (κ3) is 5.67. The summed E-state index contributed by atoms with van der Waals surface area (Å²) in [6.07, 6.45) is -3.09. The average Bonchev–Trinajstić information content (AvgIpc) is 2.83. The number of benzene rings is 2. The molecule has 0 aliphatic rings. The van der Waals surface area contributed by atoms with Gasteiger partial charge >= 0.3 is 6.18 Å². The number of nitrogens with one attached hydrogen (secondary N) is 3. The third-order valence-corrected chi connectivity index (χ3v) is 5.88. The van der Waals surface area contributed by atoms with Crippen molar-refractivity contribution >= 4 is 35.3 Å². The molecule has 0 aliphatic heterocycles. The standard InChI is InChI=1S/C23H23F3N4O3S/c1-14(11-27)19(34)22(28-2,21(33)30-13-31)12-29-20(32)18-6-4-3-5-17(18)15-7-9-16(10-8-15)23(24,25)26/h3-11,13,28H,12,27H2,1-2H3,(H,29,32)(H,30,31,33). The summed E-state index contributed by atoms with van der Waals surface area (Å²) in [6.45, 7) is 1.23.